The Bertz CT molecular complexity index is 638. The van der Waals surface area contributed by atoms with E-state index in [1.807, 2.05) is 30.3 Å². The fraction of sp³-hybridized carbons (Fsp3) is 0.133. The maximum absolute atomic E-state index is 11.3. The predicted octanol–water partition coefficient (Wildman–Crippen LogP) is 3.38. The number of hydrogen-bond donors (Lipinski definition) is 0. The number of hydrogen-bond acceptors (Lipinski definition) is 4. The van der Waals surface area contributed by atoms with Crippen LogP contribution >= 0.6 is 0 Å². The number of nitrogens with zero attached hydrogens (tertiary/aromatic N) is 1. The van der Waals surface area contributed by atoms with Gasteiger partial charge >= 0.3 is 0 Å². The van der Waals surface area contributed by atoms with Gasteiger partial charge in [0, 0.05) is 0 Å². The fourth-order valence-electron chi connectivity index (χ4n) is 1.79. The summed E-state index contributed by atoms with van der Waals surface area (Å²) in [6.07, 6.45) is 0. The Morgan fingerprint density at radius 1 is 1.20 bits per heavy atom. The molecule has 0 saturated heterocycles. The molecule has 0 saturated carbocycles. The maximum atomic E-state index is 11.3. The molecule has 0 heterocycles. The van der Waals surface area contributed by atoms with Crippen molar-refractivity contribution in [3.63, 3.8) is 0 Å². The predicted molar refractivity (Wildman–Crippen MR) is 73.9 cm³/mol. The number of ether oxygens (including phenoxy) is 1. The van der Waals surface area contributed by atoms with Gasteiger partial charge in [0.2, 0.25) is 0 Å². The first kappa shape index (κ1) is 13.7. The molecule has 0 N–H and O–H groups in total. The summed E-state index contributed by atoms with van der Waals surface area (Å²) in [6, 6.07) is 13.7. The van der Waals surface area contributed by atoms with Crippen LogP contribution in [0.4, 0.5) is 5.69 Å². The average molecular weight is 271 g/mol. The average Bonchev–Trinajstić information content (AvgIpc) is 2.45. The van der Waals surface area contributed by atoms with Crippen LogP contribution in [0.1, 0.15) is 22.8 Å². The molecule has 0 unspecified atom stereocenters. The second kappa shape index (κ2) is 5.97. The number of ketones is 1. The largest absolute Gasteiger partial charge is 0.489 e. The summed E-state index contributed by atoms with van der Waals surface area (Å²) in [5.74, 6) is 0.0249. The van der Waals surface area contributed by atoms with E-state index in [1.165, 1.54) is 19.1 Å². The van der Waals surface area contributed by atoms with Crippen LogP contribution < -0.4 is 4.74 Å². The third-order valence-electron chi connectivity index (χ3n) is 2.79. The highest BCUT2D eigenvalue weighted by Gasteiger charge is 2.18. The van der Waals surface area contributed by atoms with Gasteiger partial charge in [0.15, 0.2) is 5.78 Å². The number of benzene rings is 2. The van der Waals surface area contributed by atoms with Gasteiger partial charge in [-0.2, -0.15) is 0 Å². The van der Waals surface area contributed by atoms with E-state index in [-0.39, 0.29) is 17.0 Å². The summed E-state index contributed by atoms with van der Waals surface area (Å²) in [5, 5.41) is 11.0. The van der Waals surface area contributed by atoms with Crippen molar-refractivity contribution in [1.29, 1.82) is 0 Å². The van der Waals surface area contributed by atoms with Crippen LogP contribution in [0.5, 0.6) is 5.75 Å². The van der Waals surface area contributed by atoms with Crippen LogP contribution in [-0.2, 0) is 6.61 Å². The standard InChI is InChI=1S/C15H13NO4/c1-11(17)14-8-7-13(9-15(14)16(18)19)20-10-12-5-3-2-4-6-12/h2-9H,10H2,1H3. The summed E-state index contributed by atoms with van der Waals surface area (Å²) in [7, 11) is 0. The molecular formula is C15H13NO4. The first-order valence-electron chi connectivity index (χ1n) is 6.04. The number of rotatable bonds is 5. The van der Waals surface area contributed by atoms with E-state index in [9.17, 15) is 14.9 Å². The number of Topliss-reactive ketones (excluding diaryl/α,β-unsaturated/α-hetero) is 1. The normalized spacial score (nSPS) is 10.1. The Balaban J connectivity index is 2.19. The van der Waals surface area contributed by atoms with Gasteiger partial charge in [-0.1, -0.05) is 30.3 Å². The molecule has 2 aromatic rings. The van der Waals surface area contributed by atoms with E-state index in [2.05, 4.69) is 0 Å². The minimum absolute atomic E-state index is 0.0852. The molecular weight excluding hydrogens is 258 g/mol. The third kappa shape index (κ3) is 3.20. The number of nitro benzene ring substituents is 1. The van der Waals surface area contributed by atoms with Gasteiger partial charge < -0.3 is 4.74 Å². The van der Waals surface area contributed by atoms with Crippen LogP contribution in [0.2, 0.25) is 0 Å². The first-order valence-corrected chi connectivity index (χ1v) is 6.04. The van der Waals surface area contributed by atoms with Crippen LogP contribution in [-0.4, -0.2) is 10.7 Å². The second-order valence-electron chi connectivity index (χ2n) is 4.27. The third-order valence-corrected chi connectivity index (χ3v) is 2.79. The topological polar surface area (TPSA) is 69.4 Å². The first-order chi connectivity index (χ1) is 9.58. The molecule has 0 spiro atoms. The molecule has 102 valence electrons. The van der Waals surface area contributed by atoms with Gasteiger partial charge in [0.1, 0.15) is 12.4 Å². The van der Waals surface area contributed by atoms with Crippen LogP contribution in [0.3, 0.4) is 0 Å². The van der Waals surface area contributed by atoms with E-state index < -0.39 is 4.92 Å². The molecule has 0 aromatic heterocycles. The molecule has 5 heteroatoms. The van der Waals surface area contributed by atoms with E-state index in [4.69, 9.17) is 4.74 Å². The molecule has 0 amide bonds. The van der Waals surface area contributed by atoms with E-state index >= 15 is 0 Å². The highest BCUT2D eigenvalue weighted by molar-refractivity contribution is 5.98. The zero-order valence-electron chi connectivity index (χ0n) is 10.9. The molecule has 0 atom stereocenters. The quantitative estimate of drug-likeness (QED) is 0.475. The molecule has 0 aliphatic carbocycles. The van der Waals surface area contributed by atoms with Gasteiger partial charge in [0.25, 0.3) is 5.69 Å². The zero-order chi connectivity index (χ0) is 14.5. The lowest BCUT2D eigenvalue weighted by molar-refractivity contribution is -0.385. The Kier molecular flexibility index (Phi) is 4.10. The Hall–Kier alpha value is -2.69. The molecule has 20 heavy (non-hydrogen) atoms. The van der Waals surface area contributed by atoms with Crippen LogP contribution in [0.25, 0.3) is 0 Å². The lowest BCUT2D eigenvalue weighted by atomic mass is 10.1. The SMILES string of the molecule is CC(=O)c1ccc(OCc2ccccc2)cc1[N+](=O)[O-]. The highest BCUT2D eigenvalue weighted by Crippen LogP contribution is 2.25. The van der Waals surface area contributed by atoms with Gasteiger partial charge in [0.05, 0.1) is 16.6 Å². The van der Waals surface area contributed by atoms with Crippen molar-refractivity contribution < 1.29 is 14.5 Å². The van der Waals surface area contributed by atoms with Crippen molar-refractivity contribution in [3.05, 3.63) is 69.8 Å². The second-order valence-corrected chi connectivity index (χ2v) is 4.27. The van der Waals surface area contributed by atoms with Crippen molar-refractivity contribution in [2.75, 3.05) is 0 Å². The van der Waals surface area contributed by atoms with Crippen LogP contribution in [0, 0.1) is 10.1 Å². The van der Waals surface area contributed by atoms with Gasteiger partial charge in [-0.15, -0.1) is 0 Å². The summed E-state index contributed by atoms with van der Waals surface area (Å²) >= 11 is 0. The fourth-order valence-corrected chi connectivity index (χ4v) is 1.79. The number of nitro groups is 1. The molecule has 0 fully saturated rings. The molecule has 0 radical (unpaired) electrons. The summed E-state index contributed by atoms with van der Waals surface area (Å²) in [5.41, 5.74) is 0.816. The zero-order valence-corrected chi connectivity index (χ0v) is 10.9. The Morgan fingerprint density at radius 3 is 2.50 bits per heavy atom. The smallest absolute Gasteiger partial charge is 0.283 e. The minimum atomic E-state index is -0.577. The minimum Gasteiger partial charge on any atom is -0.489 e. The van der Waals surface area contributed by atoms with E-state index in [0.29, 0.717) is 12.4 Å². The van der Waals surface area contributed by atoms with Gasteiger partial charge in [-0.25, -0.2) is 0 Å². The molecule has 0 aliphatic rings. The molecule has 5 nitrogen and oxygen atoms in total. The van der Waals surface area contributed by atoms with Crippen molar-refractivity contribution >= 4 is 11.5 Å². The lowest BCUT2D eigenvalue weighted by Gasteiger charge is -2.07. The van der Waals surface area contributed by atoms with Crippen molar-refractivity contribution in [3.8, 4) is 5.75 Å². The molecule has 2 rings (SSSR count). The summed E-state index contributed by atoms with van der Waals surface area (Å²) < 4.78 is 5.50. The lowest BCUT2D eigenvalue weighted by Crippen LogP contribution is -2.01. The Labute approximate surface area is 116 Å². The van der Waals surface area contributed by atoms with Crippen LogP contribution in [0.15, 0.2) is 48.5 Å². The van der Waals surface area contributed by atoms with Gasteiger partial charge in [-0.3, -0.25) is 14.9 Å². The monoisotopic (exact) mass is 271 g/mol. The van der Waals surface area contributed by atoms with Crippen molar-refractivity contribution in [2.24, 2.45) is 0 Å². The molecule has 0 aliphatic heterocycles. The highest BCUT2D eigenvalue weighted by atomic mass is 16.6. The number of carbonyl (C=O) groups excluding carboxylic acids is 1. The Morgan fingerprint density at radius 2 is 1.90 bits per heavy atom. The molecule has 2 aromatic carbocycles. The maximum Gasteiger partial charge on any atom is 0.283 e. The number of carbonyl (C=O) groups is 1. The summed E-state index contributed by atoms with van der Waals surface area (Å²) in [6.45, 7) is 1.62. The van der Waals surface area contributed by atoms with E-state index in [1.54, 1.807) is 6.07 Å². The van der Waals surface area contributed by atoms with E-state index in [0.717, 1.165) is 5.56 Å². The molecule has 0 bridgehead atoms. The van der Waals surface area contributed by atoms with Crippen molar-refractivity contribution in [1.82, 2.24) is 0 Å². The summed E-state index contributed by atoms with van der Waals surface area (Å²) in [4.78, 5) is 21.7. The van der Waals surface area contributed by atoms with Gasteiger partial charge in [-0.05, 0) is 24.6 Å². The van der Waals surface area contributed by atoms with Crippen molar-refractivity contribution in [2.45, 2.75) is 13.5 Å².